The lowest BCUT2D eigenvalue weighted by Crippen LogP contribution is -1.94. The van der Waals surface area contributed by atoms with E-state index >= 15 is 0 Å². The smallest absolute Gasteiger partial charge is 0.266 e. The van der Waals surface area contributed by atoms with Crippen molar-refractivity contribution in [3.8, 4) is 11.3 Å². The van der Waals surface area contributed by atoms with Gasteiger partial charge in [-0.3, -0.25) is 14.8 Å². The molecular weight excluding hydrogens is 230 g/mol. The number of nitro benzene ring substituents is 1. The van der Waals surface area contributed by atoms with Gasteiger partial charge in [0.05, 0.1) is 21.8 Å². The van der Waals surface area contributed by atoms with Crippen molar-refractivity contribution < 1.29 is 4.92 Å². The Kier molecular flexibility index (Phi) is 2.62. The van der Waals surface area contributed by atoms with E-state index in [0.717, 1.165) is 11.3 Å². The number of nitro groups is 1. The monoisotopic (exact) mass is 237 g/mol. The molecule has 6 heteroatoms. The summed E-state index contributed by atoms with van der Waals surface area (Å²) in [7, 11) is 1.77. The molecule has 16 heavy (non-hydrogen) atoms. The summed E-state index contributed by atoms with van der Waals surface area (Å²) in [6.07, 6.45) is 1.54. The average molecular weight is 238 g/mol. The van der Waals surface area contributed by atoms with Crippen LogP contribution in [-0.4, -0.2) is 14.7 Å². The highest BCUT2D eigenvalue weighted by Crippen LogP contribution is 2.28. The number of halogens is 1. The summed E-state index contributed by atoms with van der Waals surface area (Å²) < 4.78 is 1.63. The molecular formula is C10H8ClN3O2. The zero-order chi connectivity index (χ0) is 11.7. The molecule has 1 heterocycles. The standard InChI is InChI=1S/C10H8ClN3O2/c1-13-10(9(11)6-12-13)7-2-4-8(5-3-7)14(15)16/h2-6H,1H3. The van der Waals surface area contributed by atoms with Gasteiger partial charge in [-0.25, -0.2) is 0 Å². The SMILES string of the molecule is Cn1ncc(Cl)c1-c1ccc([N+](=O)[O-])cc1. The maximum absolute atomic E-state index is 10.5. The van der Waals surface area contributed by atoms with Gasteiger partial charge in [-0.15, -0.1) is 0 Å². The van der Waals surface area contributed by atoms with Gasteiger partial charge in [0.2, 0.25) is 0 Å². The fourth-order valence-electron chi connectivity index (χ4n) is 1.48. The average Bonchev–Trinajstić information content (AvgIpc) is 2.59. The minimum absolute atomic E-state index is 0.0574. The molecule has 0 N–H and O–H groups in total. The number of aryl methyl sites for hydroxylation is 1. The first-order valence-corrected chi connectivity index (χ1v) is 4.89. The zero-order valence-corrected chi connectivity index (χ0v) is 9.18. The Bertz CT molecular complexity index is 514. The lowest BCUT2D eigenvalue weighted by molar-refractivity contribution is -0.384. The first-order chi connectivity index (χ1) is 7.59. The molecule has 0 saturated carbocycles. The predicted octanol–water partition coefficient (Wildman–Crippen LogP) is 2.65. The van der Waals surface area contributed by atoms with Gasteiger partial charge in [-0.05, 0) is 12.1 Å². The van der Waals surface area contributed by atoms with Crippen molar-refractivity contribution in [1.82, 2.24) is 9.78 Å². The molecule has 0 fully saturated rings. The van der Waals surface area contributed by atoms with Crippen LogP contribution in [0.15, 0.2) is 30.5 Å². The molecule has 0 aliphatic heterocycles. The van der Waals surface area contributed by atoms with E-state index in [4.69, 9.17) is 11.6 Å². The van der Waals surface area contributed by atoms with E-state index in [0.29, 0.717) is 5.02 Å². The minimum atomic E-state index is -0.436. The summed E-state index contributed by atoms with van der Waals surface area (Å²) in [4.78, 5) is 10.1. The van der Waals surface area contributed by atoms with Crippen LogP contribution in [0.4, 0.5) is 5.69 Å². The molecule has 1 aromatic carbocycles. The van der Waals surface area contributed by atoms with Crippen LogP contribution in [0.1, 0.15) is 0 Å². The van der Waals surface area contributed by atoms with Gasteiger partial charge in [0.1, 0.15) is 0 Å². The van der Waals surface area contributed by atoms with Gasteiger partial charge >= 0.3 is 0 Å². The van der Waals surface area contributed by atoms with Crippen molar-refractivity contribution in [2.75, 3.05) is 0 Å². The summed E-state index contributed by atoms with van der Waals surface area (Å²) >= 11 is 5.96. The van der Waals surface area contributed by atoms with Crippen LogP contribution in [0.2, 0.25) is 5.02 Å². The minimum Gasteiger partial charge on any atom is -0.266 e. The molecule has 2 rings (SSSR count). The maximum Gasteiger partial charge on any atom is 0.269 e. The Morgan fingerprint density at radius 3 is 2.44 bits per heavy atom. The van der Waals surface area contributed by atoms with Crippen molar-refractivity contribution >= 4 is 17.3 Å². The van der Waals surface area contributed by atoms with Crippen molar-refractivity contribution in [2.45, 2.75) is 0 Å². The molecule has 0 spiro atoms. The van der Waals surface area contributed by atoms with Gasteiger partial charge in [-0.2, -0.15) is 5.10 Å². The van der Waals surface area contributed by atoms with Crippen molar-refractivity contribution in [3.63, 3.8) is 0 Å². The summed E-state index contributed by atoms with van der Waals surface area (Å²) in [6.45, 7) is 0. The van der Waals surface area contributed by atoms with Crippen LogP contribution in [-0.2, 0) is 7.05 Å². The molecule has 1 aromatic heterocycles. The fraction of sp³-hybridized carbons (Fsp3) is 0.100. The first-order valence-electron chi connectivity index (χ1n) is 4.52. The Morgan fingerprint density at radius 2 is 2.00 bits per heavy atom. The van der Waals surface area contributed by atoms with E-state index in [-0.39, 0.29) is 5.69 Å². The number of benzene rings is 1. The van der Waals surface area contributed by atoms with Crippen LogP contribution < -0.4 is 0 Å². The predicted molar refractivity (Wildman–Crippen MR) is 60.3 cm³/mol. The maximum atomic E-state index is 10.5. The van der Waals surface area contributed by atoms with Gasteiger partial charge < -0.3 is 0 Å². The van der Waals surface area contributed by atoms with E-state index in [1.807, 2.05) is 0 Å². The summed E-state index contributed by atoms with van der Waals surface area (Å²) in [5.74, 6) is 0. The van der Waals surface area contributed by atoms with Gasteiger partial charge in [0.25, 0.3) is 5.69 Å². The van der Waals surface area contributed by atoms with Crippen LogP contribution in [0, 0.1) is 10.1 Å². The van der Waals surface area contributed by atoms with Crippen LogP contribution >= 0.6 is 11.6 Å². The molecule has 2 aromatic rings. The van der Waals surface area contributed by atoms with Gasteiger partial charge in [-0.1, -0.05) is 11.6 Å². The molecule has 0 radical (unpaired) electrons. The molecule has 0 amide bonds. The highest BCUT2D eigenvalue weighted by molar-refractivity contribution is 6.33. The Labute approximate surface area is 96.4 Å². The highest BCUT2D eigenvalue weighted by atomic mass is 35.5. The van der Waals surface area contributed by atoms with Crippen molar-refractivity contribution in [1.29, 1.82) is 0 Å². The fourth-order valence-corrected chi connectivity index (χ4v) is 1.75. The number of hydrogen-bond acceptors (Lipinski definition) is 3. The molecule has 0 aliphatic carbocycles. The zero-order valence-electron chi connectivity index (χ0n) is 8.42. The van der Waals surface area contributed by atoms with E-state index in [1.54, 1.807) is 23.9 Å². The first kappa shape index (κ1) is 10.6. The van der Waals surface area contributed by atoms with E-state index in [9.17, 15) is 10.1 Å². The molecule has 82 valence electrons. The quantitative estimate of drug-likeness (QED) is 0.596. The van der Waals surface area contributed by atoms with E-state index in [2.05, 4.69) is 5.10 Å². The Hall–Kier alpha value is -1.88. The van der Waals surface area contributed by atoms with Crippen molar-refractivity contribution in [2.24, 2.45) is 7.05 Å². The Balaban J connectivity index is 2.46. The number of aromatic nitrogens is 2. The number of hydrogen-bond donors (Lipinski definition) is 0. The molecule has 0 aliphatic rings. The number of nitrogens with zero attached hydrogens (tertiary/aromatic N) is 3. The highest BCUT2D eigenvalue weighted by Gasteiger charge is 2.11. The van der Waals surface area contributed by atoms with Crippen LogP contribution in [0.25, 0.3) is 11.3 Å². The lowest BCUT2D eigenvalue weighted by Gasteiger charge is -2.02. The summed E-state index contributed by atoms with van der Waals surface area (Å²) in [6, 6.07) is 6.19. The van der Waals surface area contributed by atoms with Gasteiger partial charge in [0, 0.05) is 24.7 Å². The Morgan fingerprint density at radius 1 is 1.38 bits per heavy atom. The third kappa shape index (κ3) is 1.77. The molecule has 0 atom stereocenters. The van der Waals surface area contributed by atoms with Gasteiger partial charge in [0.15, 0.2) is 0 Å². The van der Waals surface area contributed by atoms with Crippen LogP contribution in [0.5, 0.6) is 0 Å². The number of rotatable bonds is 2. The summed E-state index contributed by atoms with van der Waals surface area (Å²) in [5.41, 5.74) is 1.61. The van der Waals surface area contributed by atoms with E-state index < -0.39 is 4.92 Å². The topological polar surface area (TPSA) is 61.0 Å². The number of non-ortho nitro benzene ring substituents is 1. The third-order valence-corrected chi connectivity index (χ3v) is 2.52. The molecule has 0 saturated heterocycles. The van der Waals surface area contributed by atoms with Crippen molar-refractivity contribution in [3.05, 3.63) is 45.6 Å². The lowest BCUT2D eigenvalue weighted by atomic mass is 10.1. The largest absolute Gasteiger partial charge is 0.269 e. The van der Waals surface area contributed by atoms with E-state index in [1.165, 1.54) is 18.3 Å². The normalized spacial score (nSPS) is 10.4. The second-order valence-electron chi connectivity index (χ2n) is 3.27. The molecule has 0 bridgehead atoms. The molecule has 5 nitrogen and oxygen atoms in total. The second-order valence-corrected chi connectivity index (χ2v) is 3.68. The third-order valence-electron chi connectivity index (χ3n) is 2.25. The second kappa shape index (κ2) is 3.94. The summed E-state index contributed by atoms with van der Waals surface area (Å²) in [5, 5.41) is 15.0. The molecule has 0 unspecified atom stereocenters. The van der Waals surface area contributed by atoms with Crippen LogP contribution in [0.3, 0.4) is 0 Å².